The molecule has 3 heteroatoms. The molecule has 2 atom stereocenters. The molecule has 18 heavy (non-hydrogen) atoms. The number of para-hydroxylation sites is 1. The molecule has 0 aliphatic carbocycles. The van der Waals surface area contributed by atoms with Gasteiger partial charge in [0.15, 0.2) is 0 Å². The van der Waals surface area contributed by atoms with E-state index in [0.29, 0.717) is 11.8 Å². The lowest BCUT2D eigenvalue weighted by atomic mass is 9.93. The lowest BCUT2D eigenvalue weighted by Crippen LogP contribution is -2.31. The van der Waals surface area contributed by atoms with Crippen LogP contribution in [0.3, 0.4) is 0 Å². The highest BCUT2D eigenvalue weighted by Gasteiger charge is 2.20. The molecule has 1 aliphatic rings. The molecule has 0 aromatic heterocycles. The van der Waals surface area contributed by atoms with Crippen molar-refractivity contribution in [3.8, 4) is 5.75 Å². The van der Waals surface area contributed by atoms with Crippen molar-refractivity contribution >= 4 is 11.6 Å². The fourth-order valence-corrected chi connectivity index (χ4v) is 2.37. The molecule has 2 rings (SSSR count). The first-order valence-corrected chi connectivity index (χ1v) is 7.18. The SMILES string of the molecule is CC(C)C(Cl)CNCC1CCOc2ccccc21. The van der Waals surface area contributed by atoms with E-state index in [0.717, 1.165) is 31.9 Å². The molecule has 0 fully saturated rings. The van der Waals surface area contributed by atoms with Crippen molar-refractivity contribution in [2.45, 2.75) is 31.6 Å². The Morgan fingerprint density at radius 1 is 1.39 bits per heavy atom. The molecular weight excluding hydrogens is 246 g/mol. The summed E-state index contributed by atoms with van der Waals surface area (Å²) in [5, 5.41) is 3.70. The number of rotatable bonds is 5. The topological polar surface area (TPSA) is 21.3 Å². The third-order valence-corrected chi connectivity index (χ3v) is 4.19. The normalized spacial score (nSPS) is 20.3. The zero-order chi connectivity index (χ0) is 13.0. The van der Waals surface area contributed by atoms with Gasteiger partial charge in [0, 0.05) is 24.4 Å². The van der Waals surface area contributed by atoms with E-state index >= 15 is 0 Å². The highest BCUT2D eigenvalue weighted by Crippen LogP contribution is 2.32. The molecule has 1 aromatic carbocycles. The van der Waals surface area contributed by atoms with Crippen molar-refractivity contribution in [2.24, 2.45) is 5.92 Å². The van der Waals surface area contributed by atoms with E-state index in [2.05, 4.69) is 37.4 Å². The number of nitrogens with one attached hydrogen (secondary N) is 1. The van der Waals surface area contributed by atoms with Crippen molar-refractivity contribution < 1.29 is 4.74 Å². The summed E-state index contributed by atoms with van der Waals surface area (Å²) in [6.45, 7) is 6.99. The van der Waals surface area contributed by atoms with E-state index in [4.69, 9.17) is 16.3 Å². The number of alkyl halides is 1. The van der Waals surface area contributed by atoms with Crippen LogP contribution in [0.25, 0.3) is 0 Å². The van der Waals surface area contributed by atoms with Gasteiger partial charge in [-0.1, -0.05) is 32.0 Å². The monoisotopic (exact) mass is 267 g/mol. The molecule has 0 bridgehead atoms. The van der Waals surface area contributed by atoms with Crippen molar-refractivity contribution in [1.29, 1.82) is 0 Å². The van der Waals surface area contributed by atoms with Crippen LogP contribution in [0.1, 0.15) is 31.7 Å². The van der Waals surface area contributed by atoms with Crippen LogP contribution in [0.2, 0.25) is 0 Å². The van der Waals surface area contributed by atoms with Gasteiger partial charge in [-0.15, -0.1) is 11.6 Å². The maximum Gasteiger partial charge on any atom is 0.122 e. The first-order valence-electron chi connectivity index (χ1n) is 6.75. The molecule has 0 amide bonds. The third-order valence-electron chi connectivity index (χ3n) is 3.54. The summed E-state index contributed by atoms with van der Waals surface area (Å²) in [5.74, 6) is 2.11. The number of ether oxygens (including phenoxy) is 1. The maximum absolute atomic E-state index is 6.25. The predicted octanol–water partition coefficient (Wildman–Crippen LogP) is 3.41. The van der Waals surface area contributed by atoms with Crippen LogP contribution in [0, 0.1) is 5.92 Å². The van der Waals surface area contributed by atoms with Crippen LogP contribution in [0.15, 0.2) is 24.3 Å². The Morgan fingerprint density at radius 2 is 2.17 bits per heavy atom. The number of hydrogen-bond acceptors (Lipinski definition) is 2. The van der Waals surface area contributed by atoms with Gasteiger partial charge in [-0.05, 0) is 24.0 Å². The zero-order valence-electron chi connectivity index (χ0n) is 11.2. The molecule has 0 spiro atoms. The Kier molecular flexibility index (Phi) is 4.90. The maximum atomic E-state index is 6.25. The fraction of sp³-hybridized carbons (Fsp3) is 0.600. The third kappa shape index (κ3) is 3.39. The van der Waals surface area contributed by atoms with E-state index in [-0.39, 0.29) is 5.38 Å². The van der Waals surface area contributed by atoms with Crippen LogP contribution >= 0.6 is 11.6 Å². The first-order chi connectivity index (χ1) is 8.68. The van der Waals surface area contributed by atoms with Crippen LogP contribution in [0.4, 0.5) is 0 Å². The Hall–Kier alpha value is -0.730. The van der Waals surface area contributed by atoms with Gasteiger partial charge in [-0.25, -0.2) is 0 Å². The molecule has 1 aromatic rings. The van der Waals surface area contributed by atoms with Gasteiger partial charge in [0.05, 0.1) is 6.61 Å². The van der Waals surface area contributed by atoms with Gasteiger partial charge in [-0.2, -0.15) is 0 Å². The fourth-order valence-electron chi connectivity index (χ4n) is 2.26. The van der Waals surface area contributed by atoms with E-state index in [1.165, 1.54) is 5.56 Å². The summed E-state index contributed by atoms with van der Waals surface area (Å²) in [6, 6.07) is 8.34. The highest BCUT2D eigenvalue weighted by atomic mass is 35.5. The van der Waals surface area contributed by atoms with Crippen molar-refractivity contribution in [1.82, 2.24) is 5.32 Å². The van der Waals surface area contributed by atoms with E-state index in [1.54, 1.807) is 0 Å². The second-order valence-electron chi connectivity index (χ2n) is 5.29. The Labute approximate surface area is 115 Å². The minimum absolute atomic E-state index is 0.208. The van der Waals surface area contributed by atoms with Gasteiger partial charge in [0.2, 0.25) is 0 Å². The summed E-state index contributed by atoms with van der Waals surface area (Å²) in [4.78, 5) is 0. The first kappa shape index (κ1) is 13.7. The number of fused-ring (bicyclic) bond motifs is 1. The average molecular weight is 268 g/mol. The number of halogens is 1. The molecule has 1 aliphatic heterocycles. The predicted molar refractivity (Wildman–Crippen MR) is 76.6 cm³/mol. The molecule has 2 unspecified atom stereocenters. The minimum atomic E-state index is 0.208. The highest BCUT2D eigenvalue weighted by molar-refractivity contribution is 6.20. The summed E-state index contributed by atoms with van der Waals surface area (Å²) < 4.78 is 5.67. The summed E-state index contributed by atoms with van der Waals surface area (Å²) in [7, 11) is 0. The van der Waals surface area contributed by atoms with E-state index in [1.807, 2.05) is 6.07 Å². The molecule has 100 valence electrons. The van der Waals surface area contributed by atoms with E-state index in [9.17, 15) is 0 Å². The smallest absolute Gasteiger partial charge is 0.122 e. The van der Waals surface area contributed by atoms with Crippen molar-refractivity contribution in [3.05, 3.63) is 29.8 Å². The molecule has 1 N–H and O–H groups in total. The summed E-state index contributed by atoms with van der Waals surface area (Å²) in [5.41, 5.74) is 1.33. The minimum Gasteiger partial charge on any atom is -0.493 e. The number of hydrogen-bond donors (Lipinski definition) is 1. The molecule has 0 radical (unpaired) electrons. The Balaban J connectivity index is 1.88. The van der Waals surface area contributed by atoms with Gasteiger partial charge in [0.25, 0.3) is 0 Å². The van der Waals surface area contributed by atoms with Crippen LogP contribution in [-0.2, 0) is 0 Å². The van der Waals surface area contributed by atoms with Crippen molar-refractivity contribution in [2.75, 3.05) is 19.7 Å². The van der Waals surface area contributed by atoms with Crippen LogP contribution < -0.4 is 10.1 Å². The lowest BCUT2D eigenvalue weighted by molar-refractivity contribution is 0.264. The summed E-state index contributed by atoms with van der Waals surface area (Å²) in [6.07, 6.45) is 1.08. The summed E-state index contributed by atoms with van der Waals surface area (Å²) >= 11 is 6.25. The molecular formula is C15H22ClNO. The zero-order valence-corrected chi connectivity index (χ0v) is 11.9. The quantitative estimate of drug-likeness (QED) is 0.826. The largest absolute Gasteiger partial charge is 0.493 e. The van der Waals surface area contributed by atoms with Crippen molar-refractivity contribution in [3.63, 3.8) is 0 Å². The molecule has 0 saturated heterocycles. The lowest BCUT2D eigenvalue weighted by Gasteiger charge is -2.26. The van der Waals surface area contributed by atoms with Gasteiger partial charge < -0.3 is 10.1 Å². The molecule has 2 nitrogen and oxygen atoms in total. The second kappa shape index (κ2) is 6.44. The average Bonchev–Trinajstić information content (AvgIpc) is 2.38. The molecule has 1 heterocycles. The van der Waals surface area contributed by atoms with Crippen LogP contribution in [0.5, 0.6) is 5.75 Å². The van der Waals surface area contributed by atoms with E-state index < -0.39 is 0 Å². The van der Waals surface area contributed by atoms with Gasteiger partial charge in [-0.3, -0.25) is 0 Å². The van der Waals surface area contributed by atoms with Gasteiger partial charge >= 0.3 is 0 Å². The Bertz CT molecular complexity index is 381. The second-order valence-corrected chi connectivity index (χ2v) is 5.85. The Morgan fingerprint density at radius 3 is 2.94 bits per heavy atom. The van der Waals surface area contributed by atoms with Crippen LogP contribution in [-0.4, -0.2) is 25.1 Å². The van der Waals surface area contributed by atoms with Gasteiger partial charge in [0.1, 0.15) is 5.75 Å². The standard InChI is InChI=1S/C15H22ClNO/c1-11(2)14(16)10-17-9-12-7-8-18-15-6-4-3-5-13(12)15/h3-6,11-12,14,17H,7-10H2,1-2H3. The molecule has 0 saturated carbocycles. The number of benzene rings is 1.